The van der Waals surface area contributed by atoms with Crippen LogP contribution in [0.15, 0.2) is 24.3 Å². The first kappa shape index (κ1) is 14.1. The first-order valence-corrected chi connectivity index (χ1v) is 6.27. The van der Waals surface area contributed by atoms with Crippen LogP contribution in [0, 0.1) is 5.82 Å². The highest BCUT2D eigenvalue weighted by atomic mass is 19.1. The Labute approximate surface area is 115 Å². The van der Waals surface area contributed by atoms with Gasteiger partial charge in [-0.25, -0.2) is 4.39 Å². The van der Waals surface area contributed by atoms with Crippen LogP contribution in [0.3, 0.4) is 0 Å². The monoisotopic (exact) mass is 278 g/mol. The van der Waals surface area contributed by atoms with Crippen LogP contribution in [0.5, 0.6) is 0 Å². The molecule has 0 unspecified atom stereocenters. The molecular weight excluding hydrogens is 263 g/mol. The number of nitrogens with one attached hydrogen (secondary N) is 1. The Morgan fingerprint density at radius 3 is 2.65 bits per heavy atom. The van der Waals surface area contributed by atoms with Crippen LogP contribution < -0.4 is 5.32 Å². The van der Waals surface area contributed by atoms with E-state index in [0.717, 1.165) is 6.42 Å². The molecule has 0 aliphatic carbocycles. The highest BCUT2D eigenvalue weighted by Crippen LogP contribution is 2.10. The van der Waals surface area contributed by atoms with E-state index in [1.54, 1.807) is 0 Å². The minimum atomic E-state index is -0.393. The summed E-state index contributed by atoms with van der Waals surface area (Å²) in [7, 11) is 0. The van der Waals surface area contributed by atoms with Gasteiger partial charge in [-0.15, -0.1) is 10.2 Å². The van der Waals surface area contributed by atoms with Gasteiger partial charge in [0.25, 0.3) is 5.91 Å². The third-order valence-corrected chi connectivity index (χ3v) is 2.64. The van der Waals surface area contributed by atoms with E-state index in [0.29, 0.717) is 12.2 Å². The second-order valence-electron chi connectivity index (χ2n) is 4.18. The number of hydrogen-bond acceptors (Lipinski definition) is 4. The topological polar surface area (TPSA) is 80.0 Å². The predicted molar refractivity (Wildman–Crippen MR) is 69.9 cm³/mol. The van der Waals surface area contributed by atoms with Gasteiger partial charge in [0.15, 0.2) is 5.69 Å². The van der Waals surface area contributed by atoms with Crippen molar-refractivity contribution in [2.24, 2.45) is 0 Å². The molecule has 0 aliphatic heterocycles. The molecule has 6 nitrogen and oxygen atoms in total. The lowest BCUT2D eigenvalue weighted by atomic mass is 10.3. The number of aromatic nitrogens is 3. The number of hydrogen-bond donors (Lipinski definition) is 2. The molecule has 2 N–H and O–H groups in total. The second-order valence-corrected chi connectivity index (χ2v) is 4.18. The van der Waals surface area contributed by atoms with E-state index in [4.69, 9.17) is 0 Å². The summed E-state index contributed by atoms with van der Waals surface area (Å²) >= 11 is 0. The van der Waals surface area contributed by atoms with Crippen LogP contribution in [0.25, 0.3) is 5.69 Å². The lowest BCUT2D eigenvalue weighted by Crippen LogP contribution is -2.25. The van der Waals surface area contributed by atoms with Crippen molar-refractivity contribution in [1.29, 1.82) is 0 Å². The van der Waals surface area contributed by atoms with Crippen molar-refractivity contribution in [1.82, 2.24) is 20.3 Å². The van der Waals surface area contributed by atoms with Gasteiger partial charge in [0.2, 0.25) is 0 Å². The summed E-state index contributed by atoms with van der Waals surface area (Å²) in [6, 6.07) is 5.52. The van der Waals surface area contributed by atoms with Crippen molar-refractivity contribution in [3.05, 3.63) is 41.5 Å². The highest BCUT2D eigenvalue weighted by molar-refractivity contribution is 5.93. The molecule has 1 aromatic carbocycles. The maximum Gasteiger partial charge on any atom is 0.273 e. The van der Waals surface area contributed by atoms with Gasteiger partial charge in [0.05, 0.1) is 12.3 Å². The van der Waals surface area contributed by atoms with Crippen molar-refractivity contribution >= 4 is 5.91 Å². The molecule has 0 saturated carbocycles. The number of benzene rings is 1. The predicted octanol–water partition coefficient (Wildman–Crippen LogP) is 1.04. The smallest absolute Gasteiger partial charge is 0.273 e. The largest absolute Gasteiger partial charge is 0.390 e. The summed E-state index contributed by atoms with van der Waals surface area (Å²) < 4.78 is 12.9. The number of aliphatic hydroxyl groups excluding tert-OH is 1. The van der Waals surface area contributed by atoms with Crippen LogP contribution in [0.2, 0.25) is 0 Å². The van der Waals surface area contributed by atoms with Gasteiger partial charge in [-0.2, -0.15) is 4.80 Å². The Hall–Kier alpha value is -2.28. The highest BCUT2D eigenvalue weighted by Gasteiger charge is 2.18. The van der Waals surface area contributed by atoms with Gasteiger partial charge < -0.3 is 10.4 Å². The Kier molecular flexibility index (Phi) is 4.41. The summed E-state index contributed by atoms with van der Waals surface area (Å²) in [4.78, 5) is 13.1. The maximum absolute atomic E-state index is 12.9. The Morgan fingerprint density at radius 1 is 1.35 bits per heavy atom. The number of aliphatic hydroxyl groups is 1. The van der Waals surface area contributed by atoms with Crippen molar-refractivity contribution in [3.8, 4) is 5.69 Å². The van der Waals surface area contributed by atoms with Crippen LogP contribution >= 0.6 is 0 Å². The van der Waals surface area contributed by atoms with E-state index < -0.39 is 6.61 Å². The summed E-state index contributed by atoms with van der Waals surface area (Å²) in [6.07, 6.45) is 0.798. The molecule has 106 valence electrons. The fourth-order valence-electron chi connectivity index (χ4n) is 1.63. The summed E-state index contributed by atoms with van der Waals surface area (Å²) in [5, 5.41) is 20.0. The van der Waals surface area contributed by atoms with E-state index in [1.165, 1.54) is 29.1 Å². The second kappa shape index (κ2) is 6.25. The molecule has 0 spiro atoms. The van der Waals surface area contributed by atoms with Crippen LogP contribution in [-0.4, -0.2) is 32.6 Å². The standard InChI is InChI=1S/C13H15FN4O2/c1-2-7-15-13(20)12-11(8-19)16-18(17-12)10-5-3-9(14)4-6-10/h3-6,19H,2,7-8H2,1H3,(H,15,20). The van der Waals surface area contributed by atoms with E-state index in [9.17, 15) is 14.3 Å². The van der Waals surface area contributed by atoms with Crippen molar-refractivity contribution in [3.63, 3.8) is 0 Å². The molecule has 0 bridgehead atoms. The summed E-state index contributed by atoms with van der Waals surface area (Å²) in [5.41, 5.74) is 0.767. The summed E-state index contributed by atoms with van der Waals surface area (Å²) in [6.45, 7) is 2.06. The zero-order valence-corrected chi connectivity index (χ0v) is 11.0. The quantitative estimate of drug-likeness (QED) is 0.856. The zero-order valence-electron chi connectivity index (χ0n) is 11.0. The molecule has 0 fully saturated rings. The minimum absolute atomic E-state index is 0.0743. The number of halogens is 1. The fourth-order valence-corrected chi connectivity index (χ4v) is 1.63. The molecular formula is C13H15FN4O2. The fraction of sp³-hybridized carbons (Fsp3) is 0.308. The maximum atomic E-state index is 12.9. The van der Waals surface area contributed by atoms with E-state index in [1.807, 2.05) is 6.92 Å². The number of rotatable bonds is 5. The van der Waals surface area contributed by atoms with Gasteiger partial charge in [0.1, 0.15) is 11.5 Å². The zero-order chi connectivity index (χ0) is 14.5. The molecule has 0 radical (unpaired) electrons. The molecule has 1 heterocycles. The first-order valence-electron chi connectivity index (χ1n) is 6.27. The van der Waals surface area contributed by atoms with E-state index in [2.05, 4.69) is 15.5 Å². The van der Waals surface area contributed by atoms with E-state index in [-0.39, 0.29) is 23.1 Å². The molecule has 0 saturated heterocycles. The van der Waals surface area contributed by atoms with Crippen molar-refractivity contribution in [2.45, 2.75) is 20.0 Å². The molecule has 1 aromatic heterocycles. The molecule has 2 aromatic rings. The Morgan fingerprint density at radius 2 is 2.05 bits per heavy atom. The van der Waals surface area contributed by atoms with Gasteiger partial charge in [-0.3, -0.25) is 4.79 Å². The number of carbonyl (C=O) groups is 1. The first-order chi connectivity index (χ1) is 9.65. The molecule has 7 heteroatoms. The van der Waals surface area contributed by atoms with Gasteiger partial charge in [-0.05, 0) is 30.7 Å². The Bertz CT molecular complexity index is 595. The van der Waals surface area contributed by atoms with Crippen molar-refractivity contribution in [2.75, 3.05) is 6.54 Å². The van der Waals surface area contributed by atoms with Gasteiger partial charge in [-0.1, -0.05) is 6.92 Å². The third-order valence-electron chi connectivity index (χ3n) is 2.64. The summed E-state index contributed by atoms with van der Waals surface area (Å²) in [5.74, 6) is -0.756. The third kappa shape index (κ3) is 3.00. The molecule has 0 atom stereocenters. The van der Waals surface area contributed by atoms with Crippen LogP contribution in [0.4, 0.5) is 4.39 Å². The average molecular weight is 278 g/mol. The normalized spacial score (nSPS) is 10.6. The lowest BCUT2D eigenvalue weighted by Gasteiger charge is -2.00. The molecule has 0 aliphatic rings. The number of carbonyl (C=O) groups excluding carboxylic acids is 1. The number of nitrogens with zero attached hydrogens (tertiary/aromatic N) is 3. The number of amides is 1. The van der Waals surface area contributed by atoms with Gasteiger partial charge >= 0.3 is 0 Å². The van der Waals surface area contributed by atoms with Gasteiger partial charge in [0, 0.05) is 6.54 Å². The average Bonchev–Trinajstić information content (AvgIpc) is 2.89. The molecule has 2 rings (SSSR count). The van der Waals surface area contributed by atoms with Crippen LogP contribution in [-0.2, 0) is 6.61 Å². The lowest BCUT2D eigenvalue weighted by molar-refractivity contribution is 0.0945. The minimum Gasteiger partial charge on any atom is -0.390 e. The van der Waals surface area contributed by atoms with Crippen LogP contribution in [0.1, 0.15) is 29.5 Å². The van der Waals surface area contributed by atoms with Crippen molar-refractivity contribution < 1.29 is 14.3 Å². The molecule has 20 heavy (non-hydrogen) atoms. The molecule has 1 amide bonds. The Balaban J connectivity index is 2.30. The van der Waals surface area contributed by atoms with E-state index >= 15 is 0 Å². The SMILES string of the molecule is CCCNC(=O)c1nn(-c2ccc(F)cc2)nc1CO.